The Morgan fingerprint density at radius 1 is 1.50 bits per heavy atom. The molecule has 0 aliphatic carbocycles. The lowest BCUT2D eigenvalue weighted by atomic mass is 10.0. The number of halogens is 2. The Labute approximate surface area is 105 Å². The summed E-state index contributed by atoms with van der Waals surface area (Å²) in [6.45, 7) is 2.93. The summed E-state index contributed by atoms with van der Waals surface area (Å²) in [5, 5.41) is 13.1. The van der Waals surface area contributed by atoms with E-state index < -0.39 is 17.2 Å². The molecule has 1 aliphatic rings. The minimum Gasteiger partial charge on any atom is -0.386 e. The van der Waals surface area contributed by atoms with Crippen molar-refractivity contribution in [1.29, 1.82) is 0 Å². The van der Waals surface area contributed by atoms with Crippen molar-refractivity contribution in [3.8, 4) is 0 Å². The zero-order chi connectivity index (χ0) is 13.2. The van der Waals surface area contributed by atoms with E-state index in [1.165, 1.54) is 12.1 Å². The van der Waals surface area contributed by atoms with Crippen molar-refractivity contribution < 1.29 is 18.6 Å². The van der Waals surface area contributed by atoms with E-state index in [2.05, 4.69) is 5.32 Å². The molecule has 0 radical (unpaired) electrons. The molecule has 0 amide bonds. The van der Waals surface area contributed by atoms with Gasteiger partial charge in [0.2, 0.25) is 0 Å². The molecule has 1 aromatic rings. The number of benzene rings is 1. The Morgan fingerprint density at radius 2 is 2.28 bits per heavy atom. The van der Waals surface area contributed by atoms with Crippen molar-refractivity contribution >= 4 is 0 Å². The normalized spacial score (nSPS) is 25.3. The third kappa shape index (κ3) is 3.04. The molecular weight excluding hydrogens is 240 g/mol. The predicted molar refractivity (Wildman–Crippen MR) is 63.2 cm³/mol. The zero-order valence-electron chi connectivity index (χ0n) is 10.2. The quantitative estimate of drug-likeness (QED) is 0.863. The van der Waals surface area contributed by atoms with E-state index in [-0.39, 0.29) is 6.04 Å². The second kappa shape index (κ2) is 5.30. The summed E-state index contributed by atoms with van der Waals surface area (Å²) in [5.74, 6) is -1.17. The molecule has 0 spiro atoms. The Balaban J connectivity index is 1.97. The van der Waals surface area contributed by atoms with E-state index in [4.69, 9.17) is 4.74 Å². The van der Waals surface area contributed by atoms with E-state index in [1.54, 1.807) is 6.92 Å². The summed E-state index contributed by atoms with van der Waals surface area (Å²) >= 11 is 0. The van der Waals surface area contributed by atoms with Crippen molar-refractivity contribution in [1.82, 2.24) is 5.32 Å². The smallest absolute Gasteiger partial charge is 0.130 e. The van der Waals surface area contributed by atoms with Crippen LogP contribution in [0.1, 0.15) is 24.9 Å². The van der Waals surface area contributed by atoms with Gasteiger partial charge in [-0.2, -0.15) is 0 Å². The highest BCUT2D eigenvalue weighted by Gasteiger charge is 2.32. The predicted octanol–water partition coefficient (Wildman–Crippen LogP) is 1.77. The molecule has 0 bridgehead atoms. The minimum absolute atomic E-state index is 0.290. The van der Waals surface area contributed by atoms with Gasteiger partial charge in [0.05, 0.1) is 6.61 Å². The Bertz CT molecular complexity index is 419. The number of ether oxygens (including phenoxy) is 1. The van der Waals surface area contributed by atoms with Gasteiger partial charge in [-0.15, -0.1) is 0 Å². The topological polar surface area (TPSA) is 41.5 Å². The molecule has 2 atom stereocenters. The molecule has 100 valence electrons. The van der Waals surface area contributed by atoms with Crippen LogP contribution in [0.4, 0.5) is 8.78 Å². The summed E-state index contributed by atoms with van der Waals surface area (Å²) in [7, 11) is 0. The van der Waals surface area contributed by atoms with Crippen LogP contribution in [0.15, 0.2) is 18.2 Å². The van der Waals surface area contributed by atoms with Gasteiger partial charge >= 0.3 is 0 Å². The van der Waals surface area contributed by atoms with Gasteiger partial charge in [-0.05, 0) is 13.0 Å². The maximum atomic E-state index is 13.5. The van der Waals surface area contributed by atoms with Crippen LogP contribution in [0.2, 0.25) is 0 Å². The first-order valence-corrected chi connectivity index (χ1v) is 5.99. The number of rotatable bonds is 4. The van der Waals surface area contributed by atoms with Crippen molar-refractivity contribution in [3.63, 3.8) is 0 Å². The van der Waals surface area contributed by atoms with Crippen LogP contribution in [0.3, 0.4) is 0 Å². The van der Waals surface area contributed by atoms with Crippen LogP contribution in [0, 0.1) is 11.6 Å². The van der Waals surface area contributed by atoms with Gasteiger partial charge in [0.1, 0.15) is 17.2 Å². The molecule has 0 aromatic heterocycles. The van der Waals surface area contributed by atoms with E-state index in [9.17, 15) is 13.9 Å². The van der Waals surface area contributed by atoms with Gasteiger partial charge < -0.3 is 15.2 Å². The largest absolute Gasteiger partial charge is 0.386 e. The van der Waals surface area contributed by atoms with Gasteiger partial charge in [-0.1, -0.05) is 6.07 Å². The van der Waals surface area contributed by atoms with Crippen molar-refractivity contribution in [3.05, 3.63) is 35.4 Å². The fraction of sp³-hybridized carbons (Fsp3) is 0.538. The lowest BCUT2D eigenvalue weighted by Crippen LogP contribution is -2.42. The third-order valence-electron chi connectivity index (χ3n) is 3.25. The average Bonchev–Trinajstić information content (AvgIpc) is 2.74. The first kappa shape index (κ1) is 13.4. The van der Waals surface area contributed by atoms with Gasteiger partial charge in [-0.25, -0.2) is 8.78 Å². The molecule has 2 rings (SSSR count). The maximum absolute atomic E-state index is 13.5. The molecule has 0 unspecified atom stereocenters. The van der Waals surface area contributed by atoms with Crippen LogP contribution in [0.5, 0.6) is 0 Å². The van der Waals surface area contributed by atoms with Gasteiger partial charge in [0.25, 0.3) is 0 Å². The van der Waals surface area contributed by atoms with Crippen molar-refractivity contribution in [2.75, 3.05) is 19.8 Å². The number of hydrogen-bond donors (Lipinski definition) is 2. The summed E-state index contributed by atoms with van der Waals surface area (Å²) in [6, 6.07) is 3.21. The van der Waals surface area contributed by atoms with E-state index in [0.29, 0.717) is 31.7 Å². The SMILES string of the molecule is C[C@H](NC[C@]1(O)CCOC1)c1ccc(F)cc1F. The van der Waals surface area contributed by atoms with E-state index in [1.807, 2.05) is 0 Å². The highest BCUT2D eigenvalue weighted by molar-refractivity contribution is 5.21. The Hall–Kier alpha value is -1.04. The van der Waals surface area contributed by atoms with Crippen LogP contribution < -0.4 is 5.32 Å². The number of nitrogens with one attached hydrogen (secondary N) is 1. The molecule has 1 aromatic carbocycles. The number of aliphatic hydroxyl groups is 1. The van der Waals surface area contributed by atoms with Gasteiger partial charge in [0.15, 0.2) is 0 Å². The molecule has 2 N–H and O–H groups in total. The monoisotopic (exact) mass is 257 g/mol. The molecule has 0 saturated carbocycles. The van der Waals surface area contributed by atoms with Gasteiger partial charge in [-0.3, -0.25) is 0 Å². The first-order valence-electron chi connectivity index (χ1n) is 5.99. The second-order valence-electron chi connectivity index (χ2n) is 4.80. The molecular formula is C13H17F2NO2. The maximum Gasteiger partial charge on any atom is 0.130 e. The lowest BCUT2D eigenvalue weighted by Gasteiger charge is -2.24. The zero-order valence-corrected chi connectivity index (χ0v) is 10.2. The molecule has 1 fully saturated rings. The van der Waals surface area contributed by atoms with Crippen molar-refractivity contribution in [2.24, 2.45) is 0 Å². The van der Waals surface area contributed by atoms with E-state index >= 15 is 0 Å². The summed E-state index contributed by atoms with van der Waals surface area (Å²) in [4.78, 5) is 0. The molecule has 1 saturated heterocycles. The summed E-state index contributed by atoms with van der Waals surface area (Å²) in [5.41, 5.74) is -0.496. The third-order valence-corrected chi connectivity index (χ3v) is 3.25. The molecule has 3 nitrogen and oxygen atoms in total. The highest BCUT2D eigenvalue weighted by atomic mass is 19.1. The Morgan fingerprint density at radius 3 is 2.89 bits per heavy atom. The summed E-state index contributed by atoms with van der Waals surface area (Å²) < 4.78 is 31.4. The van der Waals surface area contributed by atoms with Gasteiger partial charge in [0, 0.05) is 37.2 Å². The average molecular weight is 257 g/mol. The first-order chi connectivity index (χ1) is 8.50. The molecule has 1 heterocycles. The number of hydrogen-bond acceptors (Lipinski definition) is 3. The lowest BCUT2D eigenvalue weighted by molar-refractivity contribution is 0.0251. The molecule has 1 aliphatic heterocycles. The second-order valence-corrected chi connectivity index (χ2v) is 4.80. The van der Waals surface area contributed by atoms with Crippen LogP contribution >= 0.6 is 0 Å². The minimum atomic E-state index is -0.884. The fourth-order valence-corrected chi connectivity index (χ4v) is 2.04. The highest BCUT2D eigenvalue weighted by Crippen LogP contribution is 2.21. The fourth-order valence-electron chi connectivity index (χ4n) is 2.04. The van der Waals surface area contributed by atoms with Crippen molar-refractivity contribution in [2.45, 2.75) is 25.0 Å². The van der Waals surface area contributed by atoms with Crippen LogP contribution in [-0.2, 0) is 4.74 Å². The molecule has 5 heteroatoms. The molecule has 18 heavy (non-hydrogen) atoms. The van der Waals surface area contributed by atoms with E-state index in [0.717, 1.165) is 6.07 Å². The van der Waals surface area contributed by atoms with Crippen LogP contribution in [0.25, 0.3) is 0 Å². The standard InChI is InChI=1S/C13H17F2NO2/c1-9(11-3-2-10(14)6-12(11)15)16-7-13(17)4-5-18-8-13/h2-3,6,9,16-17H,4-5,7-8H2,1H3/t9-,13+/m0/s1. The Kier molecular flexibility index (Phi) is 3.94. The van der Waals surface area contributed by atoms with Crippen LogP contribution in [-0.4, -0.2) is 30.5 Å². The summed E-state index contributed by atoms with van der Waals surface area (Å²) in [6.07, 6.45) is 0.568.